The monoisotopic (exact) mass is 355 g/mol. The fraction of sp³-hybridized carbons (Fsp3) is 0.316. The van der Waals surface area contributed by atoms with Crippen LogP contribution in [0.1, 0.15) is 42.4 Å². The largest absolute Gasteiger partial charge is 0.455 e. The Labute approximate surface area is 152 Å². The zero-order chi connectivity index (χ0) is 19.3. The Kier molecular flexibility index (Phi) is 5.68. The lowest BCUT2D eigenvalue weighted by atomic mass is 10.2. The minimum atomic E-state index is -0.763. The van der Waals surface area contributed by atoms with Gasteiger partial charge in [0, 0.05) is 13.2 Å². The van der Waals surface area contributed by atoms with Gasteiger partial charge in [-0.2, -0.15) is 5.26 Å². The van der Waals surface area contributed by atoms with Gasteiger partial charge in [-0.3, -0.25) is 5.32 Å². The van der Waals surface area contributed by atoms with E-state index < -0.39 is 17.7 Å². The fourth-order valence-corrected chi connectivity index (χ4v) is 2.27. The maximum absolute atomic E-state index is 12.4. The summed E-state index contributed by atoms with van der Waals surface area (Å²) in [6.07, 6.45) is 0.688. The highest BCUT2D eigenvalue weighted by Crippen LogP contribution is 2.25. The van der Waals surface area contributed by atoms with Crippen LogP contribution in [0.15, 0.2) is 36.5 Å². The number of rotatable bonds is 4. The third kappa shape index (κ3) is 4.86. The van der Waals surface area contributed by atoms with Crippen LogP contribution in [-0.4, -0.2) is 22.2 Å². The number of amides is 1. The lowest BCUT2D eigenvalue weighted by molar-refractivity contribution is 0.00603. The molecule has 0 radical (unpaired) electrons. The number of carbonyl (C=O) groups is 2. The van der Waals surface area contributed by atoms with Crippen molar-refractivity contribution < 1.29 is 19.1 Å². The molecule has 1 N–H and O–H groups in total. The minimum absolute atomic E-state index is 0.0716. The summed E-state index contributed by atoms with van der Waals surface area (Å²) in [7, 11) is 1.60. The van der Waals surface area contributed by atoms with Crippen LogP contribution in [0.4, 0.5) is 10.5 Å². The predicted octanol–water partition coefficient (Wildman–Crippen LogP) is 3.60. The zero-order valence-corrected chi connectivity index (χ0v) is 15.2. The molecule has 0 aliphatic carbocycles. The van der Waals surface area contributed by atoms with Gasteiger partial charge in [-0.05, 0) is 26.3 Å². The lowest BCUT2D eigenvalue weighted by Gasteiger charge is -2.20. The molecule has 0 aliphatic rings. The number of aryl methyl sites for hydroxylation is 1. The molecule has 7 nitrogen and oxygen atoms in total. The number of anilines is 1. The topological polar surface area (TPSA) is 93.4 Å². The molecule has 1 amide bonds. The average molecular weight is 355 g/mol. The van der Waals surface area contributed by atoms with E-state index in [1.165, 1.54) is 10.8 Å². The van der Waals surface area contributed by atoms with E-state index in [0.29, 0.717) is 0 Å². The quantitative estimate of drug-likeness (QED) is 0.846. The molecule has 2 aromatic rings. The fourth-order valence-electron chi connectivity index (χ4n) is 2.27. The first-order valence-corrected chi connectivity index (χ1v) is 8.01. The second-order valence-electron chi connectivity index (χ2n) is 6.68. The summed E-state index contributed by atoms with van der Waals surface area (Å²) in [4.78, 5) is 24.6. The molecule has 2 rings (SSSR count). The average Bonchev–Trinajstić information content (AvgIpc) is 2.88. The molecule has 1 aromatic carbocycles. The van der Waals surface area contributed by atoms with Crippen molar-refractivity contribution in [3.63, 3.8) is 0 Å². The van der Waals surface area contributed by atoms with E-state index in [1.54, 1.807) is 27.8 Å². The third-order valence-electron chi connectivity index (χ3n) is 3.33. The first-order valence-electron chi connectivity index (χ1n) is 8.01. The number of nitrogens with zero attached hydrogens (tertiary/aromatic N) is 2. The molecule has 0 spiro atoms. The number of aromatic nitrogens is 1. The molecule has 0 bridgehead atoms. The highest BCUT2D eigenvalue weighted by atomic mass is 16.6. The maximum atomic E-state index is 12.4. The first-order chi connectivity index (χ1) is 12.2. The summed E-state index contributed by atoms with van der Waals surface area (Å²) in [6.45, 7) is 5.28. The molecule has 26 heavy (non-hydrogen) atoms. The molecular weight excluding hydrogens is 334 g/mol. The zero-order valence-electron chi connectivity index (χ0n) is 15.2. The first kappa shape index (κ1) is 19.1. The highest BCUT2D eigenvalue weighted by molar-refractivity contribution is 6.00. The second kappa shape index (κ2) is 7.74. The SMILES string of the molecule is Cn1cc(C#N)c(NC(=O)OCc2ccccc2)c1C(=O)OC(C)(C)C. The number of esters is 1. The van der Waals surface area contributed by atoms with Crippen molar-refractivity contribution in [2.75, 3.05) is 5.32 Å². The van der Waals surface area contributed by atoms with Crippen LogP contribution in [0.5, 0.6) is 0 Å². The summed E-state index contributed by atoms with van der Waals surface area (Å²) in [5.41, 5.74) is 0.406. The number of benzene rings is 1. The van der Waals surface area contributed by atoms with E-state index in [9.17, 15) is 14.9 Å². The van der Waals surface area contributed by atoms with Gasteiger partial charge in [0.05, 0.1) is 11.3 Å². The summed E-state index contributed by atoms with van der Waals surface area (Å²) in [5, 5.41) is 11.8. The maximum Gasteiger partial charge on any atom is 0.412 e. The molecule has 0 saturated heterocycles. The Bertz CT molecular complexity index is 842. The van der Waals surface area contributed by atoms with Gasteiger partial charge in [0.15, 0.2) is 5.69 Å². The van der Waals surface area contributed by atoms with E-state index in [-0.39, 0.29) is 23.6 Å². The number of carbonyl (C=O) groups excluding carboxylic acids is 2. The normalized spacial score (nSPS) is 10.7. The second-order valence-corrected chi connectivity index (χ2v) is 6.68. The van der Waals surface area contributed by atoms with Crippen molar-refractivity contribution in [2.24, 2.45) is 7.05 Å². The number of hydrogen-bond donors (Lipinski definition) is 1. The Morgan fingerprint density at radius 2 is 1.88 bits per heavy atom. The molecule has 0 aliphatic heterocycles. The highest BCUT2D eigenvalue weighted by Gasteiger charge is 2.27. The Morgan fingerprint density at radius 1 is 1.23 bits per heavy atom. The van der Waals surface area contributed by atoms with Crippen LogP contribution in [-0.2, 0) is 23.1 Å². The van der Waals surface area contributed by atoms with Crippen LogP contribution >= 0.6 is 0 Å². The Hall–Kier alpha value is -3.27. The molecule has 0 fully saturated rings. The van der Waals surface area contributed by atoms with Crippen LogP contribution in [0.3, 0.4) is 0 Å². The Morgan fingerprint density at radius 3 is 2.46 bits per heavy atom. The van der Waals surface area contributed by atoms with E-state index in [0.717, 1.165) is 5.56 Å². The summed E-state index contributed by atoms with van der Waals surface area (Å²) >= 11 is 0. The van der Waals surface area contributed by atoms with Gasteiger partial charge in [0.2, 0.25) is 0 Å². The van der Waals surface area contributed by atoms with Crippen molar-refractivity contribution in [1.82, 2.24) is 4.57 Å². The van der Waals surface area contributed by atoms with Gasteiger partial charge in [0.1, 0.15) is 18.3 Å². The van der Waals surface area contributed by atoms with Crippen LogP contribution in [0, 0.1) is 11.3 Å². The summed E-state index contributed by atoms with van der Waals surface area (Å²) in [6, 6.07) is 11.1. The van der Waals surface area contributed by atoms with Gasteiger partial charge in [-0.25, -0.2) is 9.59 Å². The number of nitriles is 1. The van der Waals surface area contributed by atoms with E-state index in [2.05, 4.69) is 5.32 Å². The number of ether oxygens (including phenoxy) is 2. The number of hydrogen-bond acceptors (Lipinski definition) is 5. The van der Waals surface area contributed by atoms with Crippen molar-refractivity contribution >= 4 is 17.7 Å². The molecule has 0 unspecified atom stereocenters. The summed E-state index contributed by atoms with van der Waals surface area (Å²) < 4.78 is 12.0. The molecular formula is C19H21N3O4. The van der Waals surface area contributed by atoms with Crippen molar-refractivity contribution in [3.05, 3.63) is 53.3 Å². The lowest BCUT2D eigenvalue weighted by Crippen LogP contribution is -2.26. The van der Waals surface area contributed by atoms with E-state index >= 15 is 0 Å². The van der Waals surface area contributed by atoms with Crippen LogP contribution < -0.4 is 5.32 Å². The molecule has 0 saturated carbocycles. The van der Waals surface area contributed by atoms with Gasteiger partial charge >= 0.3 is 12.1 Å². The molecule has 136 valence electrons. The van der Waals surface area contributed by atoms with E-state index in [4.69, 9.17) is 9.47 Å². The smallest absolute Gasteiger partial charge is 0.412 e. The standard InChI is InChI=1S/C19H21N3O4/c1-19(2,3)26-17(23)16-15(14(10-20)11-22(16)4)21-18(24)25-12-13-8-6-5-7-9-13/h5-9,11H,12H2,1-4H3,(H,21,24). The van der Waals surface area contributed by atoms with E-state index in [1.807, 2.05) is 36.4 Å². The van der Waals surface area contributed by atoms with Crippen molar-refractivity contribution in [1.29, 1.82) is 5.26 Å². The van der Waals surface area contributed by atoms with Gasteiger partial charge in [-0.15, -0.1) is 0 Å². The summed E-state index contributed by atoms with van der Waals surface area (Å²) in [5.74, 6) is -0.639. The molecule has 0 atom stereocenters. The number of nitrogens with one attached hydrogen (secondary N) is 1. The van der Waals surface area contributed by atoms with Gasteiger partial charge in [-0.1, -0.05) is 30.3 Å². The predicted molar refractivity (Wildman–Crippen MR) is 95.5 cm³/mol. The van der Waals surface area contributed by atoms with Crippen LogP contribution in [0.25, 0.3) is 0 Å². The molecule has 1 aromatic heterocycles. The Balaban J connectivity index is 2.18. The van der Waals surface area contributed by atoms with Gasteiger partial charge in [0.25, 0.3) is 0 Å². The third-order valence-corrected chi connectivity index (χ3v) is 3.33. The molecule has 7 heteroatoms. The van der Waals surface area contributed by atoms with Gasteiger partial charge < -0.3 is 14.0 Å². The molecule has 1 heterocycles. The van der Waals surface area contributed by atoms with Crippen molar-refractivity contribution in [3.8, 4) is 6.07 Å². The van der Waals surface area contributed by atoms with Crippen LogP contribution in [0.2, 0.25) is 0 Å². The van der Waals surface area contributed by atoms with Crippen molar-refractivity contribution in [2.45, 2.75) is 33.0 Å². The minimum Gasteiger partial charge on any atom is -0.455 e.